The molecular formula is C23H26N6O. The van der Waals surface area contributed by atoms with Crippen molar-refractivity contribution in [3.8, 4) is 17.5 Å². The normalized spacial score (nSPS) is 20.8. The zero-order valence-corrected chi connectivity index (χ0v) is 17.0. The molecule has 0 bridgehead atoms. The first kappa shape index (κ1) is 19.0. The zero-order chi connectivity index (χ0) is 20.7. The van der Waals surface area contributed by atoms with Crippen LogP contribution < -0.4 is 16.0 Å². The summed E-state index contributed by atoms with van der Waals surface area (Å²) in [5.74, 6) is 1.83. The van der Waals surface area contributed by atoms with Crippen LogP contribution in [0.1, 0.15) is 36.0 Å². The van der Waals surface area contributed by atoms with Gasteiger partial charge in [-0.1, -0.05) is 12.1 Å². The van der Waals surface area contributed by atoms with Gasteiger partial charge < -0.3 is 16.0 Å². The number of anilines is 1. The van der Waals surface area contributed by atoms with E-state index >= 15 is 0 Å². The molecule has 1 saturated heterocycles. The molecule has 2 aromatic rings. The van der Waals surface area contributed by atoms with Gasteiger partial charge in [0.05, 0.1) is 6.07 Å². The van der Waals surface area contributed by atoms with Gasteiger partial charge in [-0.15, -0.1) is 0 Å². The number of carbonyl (C=O) groups is 1. The number of hydrogen-bond acceptors (Lipinski definition) is 6. The van der Waals surface area contributed by atoms with Gasteiger partial charge in [-0.25, -0.2) is 9.97 Å². The Kier molecular flexibility index (Phi) is 4.67. The molecule has 7 nitrogen and oxygen atoms in total. The molecule has 0 radical (unpaired) electrons. The number of amides is 1. The number of benzene rings is 1. The summed E-state index contributed by atoms with van der Waals surface area (Å²) in [4.78, 5) is 24.2. The molecule has 30 heavy (non-hydrogen) atoms. The summed E-state index contributed by atoms with van der Waals surface area (Å²) in [6.45, 7) is 2.74. The van der Waals surface area contributed by atoms with E-state index in [9.17, 15) is 10.1 Å². The van der Waals surface area contributed by atoms with Crippen LogP contribution in [0.15, 0.2) is 24.4 Å². The Hall–Kier alpha value is -2.98. The van der Waals surface area contributed by atoms with Crippen molar-refractivity contribution in [2.24, 2.45) is 17.1 Å². The van der Waals surface area contributed by atoms with Crippen molar-refractivity contribution in [3.63, 3.8) is 0 Å². The molecule has 2 fully saturated rings. The SMILES string of the molecule is N#CC1(C(=O)NCc2cnc(-c3ccc4c(c3)CC4)nc2N2CCC(CN)C2)CC1. The minimum absolute atomic E-state index is 0.191. The summed E-state index contributed by atoms with van der Waals surface area (Å²) in [5, 5.41) is 12.2. The van der Waals surface area contributed by atoms with E-state index in [0.717, 1.165) is 49.3 Å². The van der Waals surface area contributed by atoms with Gasteiger partial charge in [-0.05, 0) is 61.8 Å². The van der Waals surface area contributed by atoms with E-state index in [-0.39, 0.29) is 5.91 Å². The summed E-state index contributed by atoms with van der Waals surface area (Å²) < 4.78 is 0. The molecule has 1 aromatic carbocycles. The summed E-state index contributed by atoms with van der Waals surface area (Å²) in [6.07, 6.45) is 6.40. The number of carbonyl (C=O) groups excluding carboxylic acids is 1. The lowest BCUT2D eigenvalue weighted by Gasteiger charge is -2.23. The van der Waals surface area contributed by atoms with Crippen LogP contribution in [0.5, 0.6) is 0 Å². The van der Waals surface area contributed by atoms with Gasteiger partial charge in [0.1, 0.15) is 11.2 Å². The quantitative estimate of drug-likeness (QED) is 0.765. The van der Waals surface area contributed by atoms with Crippen LogP contribution in [0.2, 0.25) is 0 Å². The number of fused-ring (bicyclic) bond motifs is 1. The molecule has 1 atom stereocenters. The Bertz CT molecular complexity index is 1040. The molecule has 7 heteroatoms. The van der Waals surface area contributed by atoms with Gasteiger partial charge in [0, 0.05) is 37.0 Å². The molecule has 1 aliphatic heterocycles. The topological polar surface area (TPSA) is 108 Å². The van der Waals surface area contributed by atoms with Gasteiger partial charge in [-0.2, -0.15) is 5.26 Å². The third-order valence-corrected chi connectivity index (χ3v) is 6.73. The number of aryl methyl sites for hydroxylation is 2. The molecule has 1 unspecified atom stereocenters. The minimum Gasteiger partial charge on any atom is -0.356 e. The molecule has 1 amide bonds. The van der Waals surface area contributed by atoms with Crippen LogP contribution in [0.4, 0.5) is 5.82 Å². The van der Waals surface area contributed by atoms with E-state index in [1.54, 1.807) is 0 Å². The van der Waals surface area contributed by atoms with Crippen LogP contribution in [-0.4, -0.2) is 35.5 Å². The van der Waals surface area contributed by atoms with Crippen molar-refractivity contribution < 1.29 is 4.79 Å². The molecule has 2 aliphatic carbocycles. The Morgan fingerprint density at radius 2 is 2.17 bits per heavy atom. The molecule has 2 heterocycles. The maximum atomic E-state index is 12.4. The van der Waals surface area contributed by atoms with Crippen LogP contribution in [0, 0.1) is 22.7 Å². The van der Waals surface area contributed by atoms with E-state index < -0.39 is 5.41 Å². The number of aromatic nitrogens is 2. The van der Waals surface area contributed by atoms with Crippen molar-refractivity contribution in [2.75, 3.05) is 24.5 Å². The molecule has 154 valence electrons. The highest BCUT2D eigenvalue weighted by Gasteiger charge is 2.50. The van der Waals surface area contributed by atoms with E-state index in [1.807, 2.05) is 6.20 Å². The average molecular weight is 403 g/mol. The third kappa shape index (κ3) is 3.31. The van der Waals surface area contributed by atoms with Gasteiger partial charge in [0.25, 0.3) is 0 Å². The van der Waals surface area contributed by atoms with Crippen LogP contribution in [0.25, 0.3) is 11.4 Å². The predicted molar refractivity (Wildman–Crippen MR) is 113 cm³/mol. The summed E-state index contributed by atoms with van der Waals surface area (Å²) in [5.41, 5.74) is 9.76. The Labute approximate surface area is 176 Å². The smallest absolute Gasteiger partial charge is 0.240 e. The van der Waals surface area contributed by atoms with Crippen molar-refractivity contribution in [2.45, 2.75) is 38.6 Å². The Morgan fingerprint density at radius 3 is 2.80 bits per heavy atom. The number of nitrogens with two attached hydrogens (primary N) is 1. The van der Waals surface area contributed by atoms with Gasteiger partial charge >= 0.3 is 0 Å². The number of nitrogens with one attached hydrogen (secondary N) is 1. The maximum Gasteiger partial charge on any atom is 0.240 e. The van der Waals surface area contributed by atoms with E-state index in [1.165, 1.54) is 11.1 Å². The zero-order valence-electron chi connectivity index (χ0n) is 17.0. The van der Waals surface area contributed by atoms with Gasteiger partial charge in [0.15, 0.2) is 5.82 Å². The second-order valence-corrected chi connectivity index (χ2v) is 8.74. The molecule has 3 N–H and O–H groups in total. The Balaban J connectivity index is 1.42. The van der Waals surface area contributed by atoms with E-state index in [4.69, 9.17) is 10.7 Å². The fourth-order valence-corrected chi connectivity index (χ4v) is 4.35. The third-order valence-electron chi connectivity index (χ3n) is 6.73. The maximum absolute atomic E-state index is 12.4. The molecule has 1 aromatic heterocycles. The largest absolute Gasteiger partial charge is 0.356 e. The lowest BCUT2D eigenvalue weighted by molar-refractivity contribution is -0.124. The van der Waals surface area contributed by atoms with Gasteiger partial charge in [-0.3, -0.25) is 4.79 Å². The Morgan fingerprint density at radius 1 is 1.33 bits per heavy atom. The summed E-state index contributed by atoms with van der Waals surface area (Å²) in [7, 11) is 0. The standard InChI is InChI=1S/C23H26N6O/c24-10-15-5-8-29(13-15)21-19(12-27-22(30)23(14-25)6-7-23)11-26-20(28-21)18-4-2-16-1-3-17(16)9-18/h2,4,9,11,15H,1,3,5-8,10,12-13,24H2,(H,27,30). The number of nitrogens with zero attached hydrogens (tertiary/aromatic N) is 4. The predicted octanol–water partition coefficient (Wildman–Crippen LogP) is 1.95. The molecule has 3 aliphatic rings. The highest BCUT2D eigenvalue weighted by atomic mass is 16.2. The summed E-state index contributed by atoms with van der Waals surface area (Å²) >= 11 is 0. The van der Waals surface area contributed by atoms with Crippen molar-refractivity contribution in [3.05, 3.63) is 41.1 Å². The van der Waals surface area contributed by atoms with Crippen molar-refractivity contribution >= 4 is 11.7 Å². The number of rotatable bonds is 6. The van der Waals surface area contributed by atoms with Crippen LogP contribution in [-0.2, 0) is 24.2 Å². The highest BCUT2D eigenvalue weighted by Crippen LogP contribution is 2.45. The average Bonchev–Trinajstić information content (AvgIpc) is 3.42. The van der Waals surface area contributed by atoms with Crippen molar-refractivity contribution in [1.29, 1.82) is 5.26 Å². The lowest BCUT2D eigenvalue weighted by Crippen LogP contribution is -2.32. The molecule has 5 rings (SSSR count). The summed E-state index contributed by atoms with van der Waals surface area (Å²) in [6, 6.07) is 8.60. The number of nitriles is 1. The van der Waals surface area contributed by atoms with Crippen LogP contribution >= 0.6 is 0 Å². The highest BCUT2D eigenvalue weighted by molar-refractivity contribution is 5.88. The van der Waals surface area contributed by atoms with Crippen molar-refractivity contribution in [1.82, 2.24) is 15.3 Å². The lowest BCUT2D eigenvalue weighted by atomic mass is 9.87. The van der Waals surface area contributed by atoms with E-state index in [0.29, 0.717) is 37.7 Å². The first-order valence-corrected chi connectivity index (χ1v) is 10.7. The molecule has 0 spiro atoms. The van der Waals surface area contributed by atoms with Gasteiger partial charge in [0.2, 0.25) is 5.91 Å². The number of hydrogen-bond donors (Lipinski definition) is 2. The first-order chi connectivity index (χ1) is 14.6. The second-order valence-electron chi connectivity index (χ2n) is 8.74. The second kappa shape index (κ2) is 7.37. The monoisotopic (exact) mass is 402 g/mol. The van der Waals surface area contributed by atoms with E-state index in [2.05, 4.69) is 39.5 Å². The molecule has 1 saturated carbocycles. The molecular weight excluding hydrogens is 376 g/mol. The fraction of sp³-hybridized carbons (Fsp3) is 0.478. The first-order valence-electron chi connectivity index (χ1n) is 10.7. The van der Waals surface area contributed by atoms with Crippen LogP contribution in [0.3, 0.4) is 0 Å². The minimum atomic E-state index is -0.828. The fourth-order valence-electron chi connectivity index (χ4n) is 4.35.